The summed E-state index contributed by atoms with van der Waals surface area (Å²) in [4.78, 5) is 4.50. The molecule has 0 atom stereocenters. The largest absolute Gasteiger partial charge is 0.489 e. The van der Waals surface area contributed by atoms with Gasteiger partial charge in [-0.1, -0.05) is 12.1 Å². The summed E-state index contributed by atoms with van der Waals surface area (Å²) in [6, 6.07) is 8.03. The molecule has 0 bridgehead atoms. The number of benzene rings is 1. The number of amidine groups is 1. The van der Waals surface area contributed by atoms with Gasteiger partial charge in [-0.2, -0.15) is 5.10 Å². The fourth-order valence-electron chi connectivity index (χ4n) is 2.17. The lowest BCUT2D eigenvalue weighted by Gasteiger charge is -2.15. The molecule has 1 N–H and O–H groups in total. The standard InChI is InChI=1S/C15H18N4O/c1-19-10-12(9-18-19)11-20-14-5-2-4-13(8-14)15-16-6-3-7-17-15/h2,4-5,8-10H,3,6-7,11H2,1H3,(H,16,17). The molecule has 0 saturated heterocycles. The van der Waals surface area contributed by atoms with E-state index in [1.807, 2.05) is 43.7 Å². The van der Waals surface area contributed by atoms with Crippen molar-refractivity contribution >= 4 is 5.84 Å². The summed E-state index contributed by atoms with van der Waals surface area (Å²) in [5.74, 6) is 1.81. The molecule has 0 unspecified atom stereocenters. The lowest BCUT2D eigenvalue weighted by atomic mass is 10.1. The maximum atomic E-state index is 5.80. The summed E-state index contributed by atoms with van der Waals surface area (Å²) in [5, 5.41) is 7.45. The first-order valence-electron chi connectivity index (χ1n) is 6.80. The van der Waals surface area contributed by atoms with Crippen molar-refractivity contribution in [3.05, 3.63) is 47.8 Å². The number of nitrogens with one attached hydrogen (secondary N) is 1. The molecule has 1 aliphatic rings. The van der Waals surface area contributed by atoms with Crippen molar-refractivity contribution in [2.75, 3.05) is 13.1 Å². The summed E-state index contributed by atoms with van der Waals surface area (Å²) >= 11 is 0. The summed E-state index contributed by atoms with van der Waals surface area (Å²) in [5.41, 5.74) is 2.14. The van der Waals surface area contributed by atoms with Gasteiger partial charge < -0.3 is 10.1 Å². The first kappa shape index (κ1) is 12.7. The number of aromatic nitrogens is 2. The van der Waals surface area contributed by atoms with Crippen LogP contribution in [0.15, 0.2) is 41.7 Å². The molecular formula is C15H18N4O. The molecule has 0 amide bonds. The molecule has 1 aromatic heterocycles. The molecule has 104 valence electrons. The van der Waals surface area contributed by atoms with E-state index in [1.165, 1.54) is 0 Å². The molecule has 0 spiro atoms. The van der Waals surface area contributed by atoms with E-state index in [4.69, 9.17) is 4.74 Å². The Morgan fingerprint density at radius 1 is 1.40 bits per heavy atom. The quantitative estimate of drug-likeness (QED) is 0.920. The predicted octanol–water partition coefficient (Wildman–Crippen LogP) is 1.74. The zero-order valence-corrected chi connectivity index (χ0v) is 11.5. The van der Waals surface area contributed by atoms with Crippen molar-refractivity contribution in [2.45, 2.75) is 13.0 Å². The lowest BCUT2D eigenvalue weighted by Crippen LogP contribution is -2.30. The number of aliphatic imine (C=N–C) groups is 1. The molecule has 5 heteroatoms. The van der Waals surface area contributed by atoms with Crippen LogP contribution in [0.25, 0.3) is 0 Å². The monoisotopic (exact) mass is 270 g/mol. The van der Waals surface area contributed by atoms with Crippen molar-refractivity contribution < 1.29 is 4.74 Å². The SMILES string of the molecule is Cn1cc(COc2cccc(C3=NCCCN3)c2)cn1. The van der Waals surface area contributed by atoms with Crippen LogP contribution in [0.1, 0.15) is 17.5 Å². The van der Waals surface area contributed by atoms with E-state index >= 15 is 0 Å². The summed E-state index contributed by atoms with van der Waals surface area (Å²) < 4.78 is 7.57. The molecule has 0 saturated carbocycles. The number of hydrogen-bond acceptors (Lipinski definition) is 4. The maximum Gasteiger partial charge on any atom is 0.128 e. The van der Waals surface area contributed by atoms with Gasteiger partial charge in [-0.25, -0.2) is 0 Å². The average Bonchev–Trinajstić information content (AvgIpc) is 2.92. The molecular weight excluding hydrogens is 252 g/mol. The minimum Gasteiger partial charge on any atom is -0.489 e. The van der Waals surface area contributed by atoms with Gasteiger partial charge in [-0.15, -0.1) is 0 Å². The fourth-order valence-corrected chi connectivity index (χ4v) is 2.17. The van der Waals surface area contributed by atoms with E-state index < -0.39 is 0 Å². The molecule has 2 heterocycles. The second-order valence-corrected chi connectivity index (χ2v) is 4.85. The molecule has 0 fully saturated rings. The zero-order valence-electron chi connectivity index (χ0n) is 11.5. The van der Waals surface area contributed by atoms with Crippen LogP contribution in [0.4, 0.5) is 0 Å². The zero-order chi connectivity index (χ0) is 13.8. The predicted molar refractivity (Wildman–Crippen MR) is 78.0 cm³/mol. The van der Waals surface area contributed by atoms with Crippen LogP contribution in [-0.4, -0.2) is 28.7 Å². The van der Waals surface area contributed by atoms with Crippen molar-refractivity contribution in [1.82, 2.24) is 15.1 Å². The smallest absolute Gasteiger partial charge is 0.128 e. The molecule has 0 aliphatic carbocycles. The van der Waals surface area contributed by atoms with Crippen molar-refractivity contribution in [2.24, 2.45) is 12.0 Å². The Bertz CT molecular complexity index is 618. The summed E-state index contributed by atoms with van der Waals surface area (Å²) in [6.45, 7) is 2.40. The fraction of sp³-hybridized carbons (Fsp3) is 0.333. The summed E-state index contributed by atoms with van der Waals surface area (Å²) in [6.07, 6.45) is 4.87. The van der Waals surface area contributed by atoms with Gasteiger partial charge in [0.1, 0.15) is 18.2 Å². The van der Waals surface area contributed by atoms with E-state index in [1.54, 1.807) is 4.68 Å². The highest BCUT2D eigenvalue weighted by Gasteiger charge is 2.08. The number of aryl methyl sites for hydroxylation is 1. The van der Waals surface area contributed by atoms with E-state index in [0.29, 0.717) is 6.61 Å². The molecule has 2 aromatic rings. The second kappa shape index (κ2) is 5.77. The molecule has 0 radical (unpaired) electrons. The van der Waals surface area contributed by atoms with Gasteiger partial charge in [-0.3, -0.25) is 9.67 Å². The van der Waals surface area contributed by atoms with Gasteiger partial charge >= 0.3 is 0 Å². The van der Waals surface area contributed by atoms with Crippen LogP contribution in [0.5, 0.6) is 5.75 Å². The highest BCUT2D eigenvalue weighted by Crippen LogP contribution is 2.16. The van der Waals surface area contributed by atoms with E-state index in [0.717, 1.165) is 42.2 Å². The van der Waals surface area contributed by atoms with Gasteiger partial charge in [0.25, 0.3) is 0 Å². The maximum absolute atomic E-state index is 5.80. The number of nitrogens with zero attached hydrogens (tertiary/aromatic N) is 3. The molecule has 20 heavy (non-hydrogen) atoms. The molecule has 5 nitrogen and oxygen atoms in total. The first-order valence-corrected chi connectivity index (χ1v) is 6.80. The van der Waals surface area contributed by atoms with Crippen LogP contribution < -0.4 is 10.1 Å². The molecule has 3 rings (SSSR count). The van der Waals surface area contributed by atoms with Crippen LogP contribution >= 0.6 is 0 Å². The minimum absolute atomic E-state index is 0.525. The Morgan fingerprint density at radius 2 is 2.35 bits per heavy atom. The third-order valence-corrected chi connectivity index (χ3v) is 3.17. The van der Waals surface area contributed by atoms with Gasteiger partial charge in [0, 0.05) is 37.5 Å². The minimum atomic E-state index is 0.525. The molecule has 1 aliphatic heterocycles. The van der Waals surface area contributed by atoms with E-state index in [2.05, 4.69) is 15.4 Å². The van der Waals surface area contributed by atoms with Gasteiger partial charge in [0.05, 0.1) is 6.20 Å². The number of ether oxygens (including phenoxy) is 1. The Hall–Kier alpha value is -2.30. The highest BCUT2D eigenvalue weighted by molar-refractivity contribution is 5.99. The molecule has 1 aromatic carbocycles. The number of rotatable bonds is 4. The van der Waals surface area contributed by atoms with Crippen molar-refractivity contribution in [1.29, 1.82) is 0 Å². The first-order chi connectivity index (χ1) is 9.81. The van der Waals surface area contributed by atoms with E-state index in [9.17, 15) is 0 Å². The third-order valence-electron chi connectivity index (χ3n) is 3.17. The topological polar surface area (TPSA) is 51.4 Å². The van der Waals surface area contributed by atoms with Crippen LogP contribution in [0.2, 0.25) is 0 Å². The number of hydrogen-bond donors (Lipinski definition) is 1. The second-order valence-electron chi connectivity index (χ2n) is 4.85. The lowest BCUT2D eigenvalue weighted by molar-refractivity contribution is 0.306. The van der Waals surface area contributed by atoms with E-state index in [-0.39, 0.29) is 0 Å². The Labute approximate surface area is 118 Å². The van der Waals surface area contributed by atoms with Gasteiger partial charge in [-0.05, 0) is 18.6 Å². The Kier molecular flexibility index (Phi) is 3.67. The van der Waals surface area contributed by atoms with Gasteiger partial charge in [0.15, 0.2) is 0 Å². The highest BCUT2D eigenvalue weighted by atomic mass is 16.5. The van der Waals surface area contributed by atoms with Crippen LogP contribution in [0, 0.1) is 0 Å². The Balaban J connectivity index is 1.69. The van der Waals surface area contributed by atoms with Crippen molar-refractivity contribution in [3.63, 3.8) is 0 Å². The van der Waals surface area contributed by atoms with Crippen LogP contribution in [0.3, 0.4) is 0 Å². The van der Waals surface area contributed by atoms with Crippen LogP contribution in [-0.2, 0) is 13.7 Å². The normalized spacial score (nSPS) is 14.6. The average molecular weight is 270 g/mol. The summed E-state index contributed by atoms with van der Waals surface area (Å²) in [7, 11) is 1.90. The van der Waals surface area contributed by atoms with Gasteiger partial charge in [0.2, 0.25) is 0 Å². The third kappa shape index (κ3) is 2.99. The van der Waals surface area contributed by atoms with Crippen molar-refractivity contribution in [3.8, 4) is 5.75 Å². The Morgan fingerprint density at radius 3 is 3.10 bits per heavy atom.